The molecule has 5 rings (SSSR count). The molecule has 3 aromatic rings. The number of aryl methyl sites for hydroxylation is 1. The number of hydrogen-bond acceptors (Lipinski definition) is 4. The van der Waals surface area contributed by atoms with Crippen LogP contribution < -0.4 is 9.64 Å². The number of carbonyl (C=O) groups is 1. The minimum Gasteiger partial charge on any atom is -0.507 e. The molecule has 0 fully saturated rings. The van der Waals surface area contributed by atoms with Crippen molar-refractivity contribution >= 4 is 34.7 Å². The molecule has 2 aliphatic rings. The minimum absolute atomic E-state index is 0.0211. The van der Waals surface area contributed by atoms with E-state index in [1.54, 1.807) is 24.1 Å². The third kappa shape index (κ3) is 4.10. The maximum atomic E-state index is 13.6. The quantitative estimate of drug-likeness (QED) is 0.372. The molecule has 0 saturated heterocycles. The highest BCUT2D eigenvalue weighted by atomic mass is 35.5. The van der Waals surface area contributed by atoms with Crippen molar-refractivity contribution in [2.75, 3.05) is 12.0 Å². The van der Waals surface area contributed by atoms with E-state index in [0.29, 0.717) is 46.7 Å². The lowest BCUT2D eigenvalue weighted by Crippen LogP contribution is -2.42. The molecule has 1 atom stereocenters. The number of methoxy groups -OCH3 is 1. The molecule has 5 nitrogen and oxygen atoms in total. The number of rotatable bonds is 4. The van der Waals surface area contributed by atoms with Crippen LogP contribution in [0.1, 0.15) is 41.9 Å². The van der Waals surface area contributed by atoms with Crippen molar-refractivity contribution in [3.63, 3.8) is 0 Å². The zero-order valence-corrected chi connectivity index (χ0v) is 21.0. The first kappa shape index (κ1) is 23.9. The Morgan fingerprint density at radius 2 is 1.72 bits per heavy atom. The summed E-state index contributed by atoms with van der Waals surface area (Å²) in [6.45, 7) is 1.98. The number of aliphatic hydroxyl groups excluding tert-OH is 1. The van der Waals surface area contributed by atoms with Gasteiger partial charge in [-0.3, -0.25) is 15.1 Å². The number of Topliss-reactive ketones (excluding diaryl/α,β-unsaturated/α-hetero) is 1. The fourth-order valence-corrected chi connectivity index (χ4v) is 5.28. The Bertz CT molecular complexity index is 1400. The van der Waals surface area contributed by atoms with Crippen LogP contribution in [0.15, 0.2) is 89.6 Å². The number of para-hydroxylation sites is 1. The van der Waals surface area contributed by atoms with E-state index in [0.717, 1.165) is 22.5 Å². The highest BCUT2D eigenvalue weighted by Gasteiger charge is 2.44. The third-order valence-corrected chi connectivity index (χ3v) is 7.12. The van der Waals surface area contributed by atoms with Crippen molar-refractivity contribution in [2.24, 2.45) is 0 Å². The largest absolute Gasteiger partial charge is 0.507 e. The SMILES string of the molecule is COc1ccccc1[C@@H]1C(=C(O)c2ccc(C)cc2)C(=N)N(c2ccc(Cl)cc2)C2=C1C(=O)CCC2. The molecule has 0 unspecified atom stereocenters. The molecule has 6 heteroatoms. The molecule has 3 aromatic carbocycles. The van der Waals surface area contributed by atoms with Gasteiger partial charge in [-0.15, -0.1) is 0 Å². The summed E-state index contributed by atoms with van der Waals surface area (Å²) >= 11 is 6.15. The second-order valence-corrected chi connectivity index (χ2v) is 9.54. The Balaban J connectivity index is 1.84. The Morgan fingerprint density at radius 3 is 2.42 bits per heavy atom. The van der Waals surface area contributed by atoms with E-state index in [9.17, 15) is 15.3 Å². The summed E-state index contributed by atoms with van der Waals surface area (Å²) in [7, 11) is 1.59. The molecule has 2 N–H and O–H groups in total. The Labute approximate surface area is 215 Å². The van der Waals surface area contributed by atoms with Gasteiger partial charge in [-0.1, -0.05) is 59.6 Å². The van der Waals surface area contributed by atoms with Gasteiger partial charge >= 0.3 is 0 Å². The lowest BCUT2D eigenvalue weighted by molar-refractivity contribution is -0.116. The van der Waals surface area contributed by atoms with Gasteiger partial charge in [0.25, 0.3) is 0 Å². The number of ether oxygens (including phenoxy) is 1. The van der Waals surface area contributed by atoms with Gasteiger partial charge in [-0.2, -0.15) is 0 Å². The van der Waals surface area contributed by atoms with Crippen LogP contribution in [0.4, 0.5) is 5.69 Å². The number of allylic oxidation sites excluding steroid dienone is 2. The smallest absolute Gasteiger partial charge is 0.161 e. The first-order valence-electron chi connectivity index (χ1n) is 11.9. The summed E-state index contributed by atoms with van der Waals surface area (Å²) in [5.74, 6) is 0.0864. The fraction of sp³-hybridized carbons (Fsp3) is 0.200. The van der Waals surface area contributed by atoms with E-state index in [4.69, 9.17) is 16.3 Å². The number of halogens is 1. The van der Waals surface area contributed by atoms with Gasteiger partial charge in [0.05, 0.1) is 13.0 Å². The summed E-state index contributed by atoms with van der Waals surface area (Å²) < 4.78 is 5.69. The summed E-state index contributed by atoms with van der Waals surface area (Å²) in [6, 6.07) is 22.2. The number of hydrogen-bond donors (Lipinski definition) is 2. The molecule has 0 aromatic heterocycles. The molecule has 0 spiro atoms. The predicted octanol–water partition coefficient (Wildman–Crippen LogP) is 7.21. The number of aliphatic hydroxyl groups is 1. The molecule has 182 valence electrons. The average Bonchev–Trinajstić information content (AvgIpc) is 2.89. The number of carbonyl (C=O) groups excluding carboxylic acids is 1. The van der Waals surface area contributed by atoms with Gasteiger partial charge in [-0.25, -0.2) is 0 Å². The number of ketones is 1. The van der Waals surface area contributed by atoms with E-state index in [1.807, 2.05) is 67.6 Å². The Hall–Kier alpha value is -3.83. The predicted molar refractivity (Wildman–Crippen MR) is 144 cm³/mol. The van der Waals surface area contributed by atoms with E-state index in [1.165, 1.54) is 0 Å². The minimum atomic E-state index is -0.638. The number of anilines is 1. The first-order valence-corrected chi connectivity index (χ1v) is 12.3. The van der Waals surface area contributed by atoms with Crippen LogP contribution in [0, 0.1) is 12.3 Å². The standard InChI is InChI=1S/C30H27ClN2O3/c1-18-10-12-19(13-11-18)29(35)28-26(22-6-3-4-9-25(22)36-2)27-23(7-5-8-24(27)34)33(30(28)32)21-16-14-20(31)15-17-21/h3-4,6,9-17,26,32,35H,5,7-8H2,1-2H3/t26-/m0/s1. The summed E-state index contributed by atoms with van der Waals surface area (Å²) in [5.41, 5.74) is 4.87. The first-order chi connectivity index (χ1) is 17.4. The monoisotopic (exact) mass is 498 g/mol. The van der Waals surface area contributed by atoms with Crippen LogP contribution in [-0.2, 0) is 4.79 Å². The van der Waals surface area contributed by atoms with Gasteiger partial charge in [-0.05, 0) is 50.1 Å². The number of nitrogens with one attached hydrogen (secondary N) is 1. The molecule has 0 saturated carbocycles. The van der Waals surface area contributed by atoms with Crippen LogP contribution in [0.3, 0.4) is 0 Å². The van der Waals surface area contributed by atoms with E-state index in [2.05, 4.69) is 0 Å². The molecule has 1 heterocycles. The third-order valence-electron chi connectivity index (χ3n) is 6.87. The highest BCUT2D eigenvalue weighted by Crippen LogP contribution is 2.49. The lowest BCUT2D eigenvalue weighted by Gasteiger charge is -2.42. The van der Waals surface area contributed by atoms with E-state index < -0.39 is 5.92 Å². The van der Waals surface area contributed by atoms with Gasteiger partial charge in [0, 0.05) is 45.1 Å². The Morgan fingerprint density at radius 1 is 1.03 bits per heavy atom. The summed E-state index contributed by atoms with van der Waals surface area (Å²) in [6.07, 6.45) is 1.78. The molecule has 0 bridgehead atoms. The van der Waals surface area contributed by atoms with Crippen molar-refractivity contribution in [3.05, 3.63) is 111 Å². The van der Waals surface area contributed by atoms with Crippen LogP contribution in [-0.4, -0.2) is 23.8 Å². The zero-order chi connectivity index (χ0) is 25.4. The van der Waals surface area contributed by atoms with Crippen LogP contribution >= 0.6 is 11.6 Å². The topological polar surface area (TPSA) is 73.6 Å². The number of benzene rings is 3. The van der Waals surface area contributed by atoms with Crippen molar-refractivity contribution in [1.29, 1.82) is 5.41 Å². The van der Waals surface area contributed by atoms with Gasteiger partial charge in [0.2, 0.25) is 0 Å². The second kappa shape index (κ2) is 9.67. The van der Waals surface area contributed by atoms with Crippen molar-refractivity contribution in [2.45, 2.75) is 32.1 Å². The van der Waals surface area contributed by atoms with Crippen molar-refractivity contribution < 1.29 is 14.6 Å². The molecular formula is C30H27ClN2O3. The van der Waals surface area contributed by atoms with E-state index >= 15 is 0 Å². The number of nitrogens with zero attached hydrogens (tertiary/aromatic N) is 1. The summed E-state index contributed by atoms with van der Waals surface area (Å²) in [5, 5.41) is 21.7. The van der Waals surface area contributed by atoms with Crippen molar-refractivity contribution in [1.82, 2.24) is 0 Å². The number of amidine groups is 1. The zero-order valence-electron chi connectivity index (χ0n) is 20.2. The fourth-order valence-electron chi connectivity index (χ4n) is 5.15. The normalized spacial score (nSPS) is 19.3. The Kier molecular flexibility index (Phi) is 6.42. The second-order valence-electron chi connectivity index (χ2n) is 9.10. The lowest BCUT2D eigenvalue weighted by atomic mass is 9.73. The molecule has 1 aliphatic carbocycles. The average molecular weight is 499 g/mol. The van der Waals surface area contributed by atoms with E-state index in [-0.39, 0.29) is 17.4 Å². The summed E-state index contributed by atoms with van der Waals surface area (Å²) in [4.78, 5) is 15.4. The molecule has 0 radical (unpaired) electrons. The molecular weight excluding hydrogens is 472 g/mol. The highest BCUT2D eigenvalue weighted by molar-refractivity contribution is 6.30. The molecule has 1 aliphatic heterocycles. The van der Waals surface area contributed by atoms with Gasteiger partial charge in [0.15, 0.2) is 5.78 Å². The maximum Gasteiger partial charge on any atom is 0.161 e. The van der Waals surface area contributed by atoms with Gasteiger partial charge < -0.3 is 9.84 Å². The molecule has 36 heavy (non-hydrogen) atoms. The van der Waals surface area contributed by atoms with Crippen molar-refractivity contribution in [3.8, 4) is 5.75 Å². The van der Waals surface area contributed by atoms with Crippen LogP contribution in [0.2, 0.25) is 5.02 Å². The van der Waals surface area contributed by atoms with Gasteiger partial charge in [0.1, 0.15) is 17.3 Å². The molecule has 0 amide bonds. The maximum absolute atomic E-state index is 13.6. The van der Waals surface area contributed by atoms with Crippen LogP contribution in [0.5, 0.6) is 5.75 Å². The van der Waals surface area contributed by atoms with Crippen LogP contribution in [0.25, 0.3) is 5.76 Å².